The molecule has 1 aromatic heterocycles. The van der Waals surface area contributed by atoms with Gasteiger partial charge in [0.15, 0.2) is 11.5 Å². The Bertz CT molecular complexity index is 710. The molecule has 6 heteroatoms. The van der Waals surface area contributed by atoms with Crippen LogP contribution in [0.15, 0.2) is 28.7 Å². The minimum absolute atomic E-state index is 0.136. The van der Waals surface area contributed by atoms with Gasteiger partial charge in [-0.1, -0.05) is 23.8 Å². The van der Waals surface area contributed by atoms with Crippen molar-refractivity contribution in [3.63, 3.8) is 0 Å². The quantitative estimate of drug-likeness (QED) is 0.857. The third kappa shape index (κ3) is 2.18. The van der Waals surface area contributed by atoms with Gasteiger partial charge in [-0.15, -0.1) is 0 Å². The summed E-state index contributed by atoms with van der Waals surface area (Å²) >= 11 is 5.91. The third-order valence-electron chi connectivity index (χ3n) is 3.49. The van der Waals surface area contributed by atoms with Crippen LogP contribution in [0, 0.1) is 11.7 Å². The van der Waals surface area contributed by atoms with Crippen molar-refractivity contribution in [1.29, 1.82) is 0 Å². The van der Waals surface area contributed by atoms with Crippen molar-refractivity contribution in [3.8, 4) is 0 Å². The molecule has 0 bridgehead atoms. The van der Waals surface area contributed by atoms with Crippen LogP contribution in [0.3, 0.4) is 0 Å². The van der Waals surface area contributed by atoms with Gasteiger partial charge in [0, 0.05) is 6.07 Å². The van der Waals surface area contributed by atoms with Crippen molar-refractivity contribution in [2.24, 2.45) is 5.92 Å². The van der Waals surface area contributed by atoms with Crippen LogP contribution in [-0.2, 0) is 4.79 Å². The summed E-state index contributed by atoms with van der Waals surface area (Å²) in [6, 6.07) is 2.37. The molecule has 2 unspecified atom stereocenters. The lowest BCUT2D eigenvalue weighted by Crippen LogP contribution is -2.23. The Kier molecular flexibility index (Phi) is 3.22. The number of carbonyl (C=O) groups is 1. The maximum absolute atomic E-state index is 13.3. The molecule has 1 aliphatic carbocycles. The Morgan fingerprint density at radius 2 is 2.15 bits per heavy atom. The van der Waals surface area contributed by atoms with Crippen molar-refractivity contribution in [3.05, 3.63) is 41.0 Å². The number of carboxylic acid groups (broad SMARTS) is 1. The van der Waals surface area contributed by atoms with Gasteiger partial charge in [0.2, 0.25) is 0 Å². The highest BCUT2D eigenvalue weighted by atomic mass is 35.5. The van der Waals surface area contributed by atoms with Gasteiger partial charge in [0.05, 0.1) is 16.9 Å². The Morgan fingerprint density at radius 1 is 1.40 bits per heavy atom. The van der Waals surface area contributed by atoms with Crippen molar-refractivity contribution in [1.82, 2.24) is 4.98 Å². The molecule has 0 radical (unpaired) electrons. The lowest BCUT2D eigenvalue weighted by atomic mass is 9.83. The summed E-state index contributed by atoms with van der Waals surface area (Å²) < 4.78 is 18.8. The summed E-state index contributed by atoms with van der Waals surface area (Å²) in [6.07, 6.45) is 4.70. The minimum Gasteiger partial charge on any atom is -0.481 e. The Balaban J connectivity index is 2.07. The number of carboxylic acids is 1. The molecule has 0 spiro atoms. The maximum Gasteiger partial charge on any atom is 0.307 e. The first-order valence-electron chi connectivity index (χ1n) is 6.19. The molecule has 20 heavy (non-hydrogen) atoms. The molecule has 1 N–H and O–H groups in total. The number of allylic oxidation sites excluding steroid dienone is 2. The number of hydrogen-bond acceptors (Lipinski definition) is 3. The van der Waals surface area contributed by atoms with E-state index in [2.05, 4.69) is 4.98 Å². The molecule has 2 atom stereocenters. The number of rotatable bonds is 2. The van der Waals surface area contributed by atoms with Gasteiger partial charge in [-0.3, -0.25) is 4.79 Å². The molecular weight excluding hydrogens is 285 g/mol. The van der Waals surface area contributed by atoms with Crippen LogP contribution >= 0.6 is 11.6 Å². The second kappa shape index (κ2) is 4.90. The predicted molar refractivity (Wildman–Crippen MR) is 71.2 cm³/mol. The Hall–Kier alpha value is -1.88. The highest BCUT2D eigenvalue weighted by Crippen LogP contribution is 2.37. The minimum atomic E-state index is -0.890. The van der Waals surface area contributed by atoms with Gasteiger partial charge in [-0.25, -0.2) is 9.37 Å². The smallest absolute Gasteiger partial charge is 0.307 e. The number of fused-ring (bicyclic) bond motifs is 1. The standard InChI is InChI=1S/C14H11ClFNO3/c15-10-5-7(16)6-11-12(10)20-13(17-11)8-3-1-2-4-9(8)14(18)19/h1-2,5-6,8-9H,3-4H2,(H,18,19). The first-order valence-corrected chi connectivity index (χ1v) is 6.57. The highest BCUT2D eigenvalue weighted by Gasteiger charge is 2.33. The van der Waals surface area contributed by atoms with Crippen LogP contribution < -0.4 is 0 Å². The third-order valence-corrected chi connectivity index (χ3v) is 3.77. The molecular formula is C14H11ClFNO3. The van der Waals surface area contributed by atoms with Gasteiger partial charge in [0.25, 0.3) is 0 Å². The van der Waals surface area contributed by atoms with Crippen LogP contribution in [0.25, 0.3) is 11.1 Å². The first kappa shape index (κ1) is 13.1. The fourth-order valence-corrected chi connectivity index (χ4v) is 2.74. The van der Waals surface area contributed by atoms with Crippen molar-refractivity contribution >= 4 is 28.7 Å². The van der Waals surface area contributed by atoms with Crippen LogP contribution in [0.1, 0.15) is 24.7 Å². The molecule has 0 saturated carbocycles. The summed E-state index contributed by atoms with van der Waals surface area (Å²) in [6.45, 7) is 0. The predicted octanol–water partition coefficient (Wildman–Crippen LogP) is 3.75. The van der Waals surface area contributed by atoms with E-state index in [4.69, 9.17) is 16.0 Å². The lowest BCUT2D eigenvalue weighted by molar-refractivity contribution is -0.142. The first-order chi connectivity index (χ1) is 9.56. The summed E-state index contributed by atoms with van der Waals surface area (Å²) in [5.41, 5.74) is 0.602. The number of benzene rings is 1. The van der Waals surface area contributed by atoms with Crippen molar-refractivity contribution in [2.45, 2.75) is 18.8 Å². The van der Waals surface area contributed by atoms with Crippen molar-refractivity contribution in [2.75, 3.05) is 0 Å². The maximum atomic E-state index is 13.3. The van der Waals surface area contributed by atoms with Crippen LogP contribution in [0.5, 0.6) is 0 Å². The van der Waals surface area contributed by atoms with Crippen LogP contribution in [0.2, 0.25) is 5.02 Å². The molecule has 0 aliphatic heterocycles. The molecule has 2 aromatic rings. The Labute approximate surface area is 118 Å². The number of halogens is 2. The zero-order chi connectivity index (χ0) is 14.3. The summed E-state index contributed by atoms with van der Waals surface area (Å²) in [7, 11) is 0. The van der Waals surface area contributed by atoms with Gasteiger partial charge in [-0.05, 0) is 18.9 Å². The van der Waals surface area contributed by atoms with Gasteiger partial charge in [0.1, 0.15) is 11.3 Å². The molecule has 3 rings (SSSR count). The molecule has 1 aromatic carbocycles. The molecule has 0 amide bonds. The van der Waals surface area contributed by atoms with E-state index in [1.54, 1.807) is 0 Å². The molecule has 0 saturated heterocycles. The van der Waals surface area contributed by atoms with E-state index in [1.807, 2.05) is 12.2 Å². The highest BCUT2D eigenvalue weighted by molar-refractivity contribution is 6.34. The summed E-state index contributed by atoms with van der Waals surface area (Å²) in [5.74, 6) is -2.04. The fraction of sp³-hybridized carbons (Fsp3) is 0.286. The molecule has 1 heterocycles. The van der Waals surface area contributed by atoms with Gasteiger partial charge >= 0.3 is 5.97 Å². The van der Waals surface area contributed by atoms with E-state index in [9.17, 15) is 14.3 Å². The molecule has 4 nitrogen and oxygen atoms in total. The zero-order valence-electron chi connectivity index (χ0n) is 10.3. The Morgan fingerprint density at radius 3 is 2.90 bits per heavy atom. The largest absolute Gasteiger partial charge is 0.481 e. The average molecular weight is 296 g/mol. The summed E-state index contributed by atoms with van der Waals surface area (Å²) in [4.78, 5) is 15.5. The molecule has 0 fully saturated rings. The van der Waals surface area contributed by atoms with E-state index in [-0.39, 0.29) is 10.9 Å². The van der Waals surface area contributed by atoms with Gasteiger partial charge in [-0.2, -0.15) is 0 Å². The van der Waals surface area contributed by atoms with Crippen LogP contribution in [-0.4, -0.2) is 16.1 Å². The fourth-order valence-electron chi connectivity index (χ4n) is 2.50. The topological polar surface area (TPSA) is 63.3 Å². The van der Waals surface area contributed by atoms with Crippen molar-refractivity contribution < 1.29 is 18.7 Å². The van der Waals surface area contributed by atoms with Crippen LogP contribution in [0.4, 0.5) is 4.39 Å². The normalized spacial score (nSPS) is 22.3. The van der Waals surface area contributed by atoms with E-state index in [0.29, 0.717) is 29.8 Å². The number of aliphatic carboxylic acids is 1. The number of aromatic nitrogens is 1. The van der Waals surface area contributed by atoms with E-state index >= 15 is 0 Å². The van der Waals surface area contributed by atoms with E-state index in [1.165, 1.54) is 6.07 Å². The second-order valence-electron chi connectivity index (χ2n) is 4.78. The summed E-state index contributed by atoms with van der Waals surface area (Å²) in [5, 5.41) is 9.39. The molecule has 1 aliphatic rings. The SMILES string of the molecule is O=C(O)C1CC=CCC1c1nc2cc(F)cc(Cl)c2o1. The molecule has 104 valence electrons. The number of nitrogens with zero attached hydrogens (tertiary/aromatic N) is 1. The number of hydrogen-bond donors (Lipinski definition) is 1. The lowest BCUT2D eigenvalue weighted by Gasteiger charge is -2.21. The zero-order valence-corrected chi connectivity index (χ0v) is 11.1. The monoisotopic (exact) mass is 295 g/mol. The van der Waals surface area contributed by atoms with E-state index < -0.39 is 17.7 Å². The second-order valence-corrected chi connectivity index (χ2v) is 5.19. The average Bonchev–Trinajstić information content (AvgIpc) is 2.82. The van der Waals surface area contributed by atoms with E-state index in [0.717, 1.165) is 6.07 Å². The number of oxazole rings is 1. The van der Waals surface area contributed by atoms with Gasteiger partial charge < -0.3 is 9.52 Å².